The maximum atomic E-state index is 11.8. The van der Waals surface area contributed by atoms with Crippen molar-refractivity contribution in [1.82, 2.24) is 10.3 Å². The van der Waals surface area contributed by atoms with Gasteiger partial charge >= 0.3 is 6.09 Å². The molecule has 0 spiro atoms. The SMILES string of the molecule is Cc1cc(N2CCC(NC(=O)OC(C)(C)C)C2)ncc1Br. The molecule has 0 saturated carbocycles. The zero-order chi connectivity index (χ0) is 15.6. The predicted molar refractivity (Wildman–Crippen MR) is 86.7 cm³/mol. The molecule has 1 aliphatic rings. The second-order valence-corrected chi connectivity index (χ2v) is 7.22. The topological polar surface area (TPSA) is 54.5 Å². The van der Waals surface area contributed by atoms with Crippen LogP contribution in [0.25, 0.3) is 0 Å². The monoisotopic (exact) mass is 355 g/mol. The van der Waals surface area contributed by atoms with Crippen LogP contribution in [0.4, 0.5) is 10.6 Å². The van der Waals surface area contributed by atoms with Crippen molar-refractivity contribution >= 4 is 27.8 Å². The van der Waals surface area contributed by atoms with Crippen LogP contribution in [0.1, 0.15) is 32.8 Å². The van der Waals surface area contributed by atoms with Gasteiger partial charge in [0.25, 0.3) is 0 Å². The number of alkyl carbamates (subject to hydrolysis) is 1. The molecule has 1 aromatic heterocycles. The van der Waals surface area contributed by atoms with Gasteiger partial charge in [0, 0.05) is 23.8 Å². The molecular weight excluding hydrogens is 334 g/mol. The van der Waals surface area contributed by atoms with E-state index in [1.54, 1.807) is 0 Å². The van der Waals surface area contributed by atoms with Gasteiger partial charge in [-0.1, -0.05) is 0 Å². The molecule has 21 heavy (non-hydrogen) atoms. The van der Waals surface area contributed by atoms with E-state index in [-0.39, 0.29) is 12.1 Å². The fourth-order valence-electron chi connectivity index (χ4n) is 2.26. The van der Waals surface area contributed by atoms with Crippen LogP contribution in [-0.4, -0.2) is 35.8 Å². The molecular formula is C15H22BrN3O2. The lowest BCUT2D eigenvalue weighted by molar-refractivity contribution is 0.0509. The molecule has 1 aromatic rings. The molecule has 5 nitrogen and oxygen atoms in total. The number of anilines is 1. The van der Waals surface area contributed by atoms with Gasteiger partial charge in [0.1, 0.15) is 11.4 Å². The van der Waals surface area contributed by atoms with Gasteiger partial charge in [-0.15, -0.1) is 0 Å². The summed E-state index contributed by atoms with van der Waals surface area (Å²) in [5.41, 5.74) is 0.691. The van der Waals surface area contributed by atoms with Crippen molar-refractivity contribution in [2.45, 2.75) is 45.8 Å². The van der Waals surface area contributed by atoms with Crippen LogP contribution in [0.5, 0.6) is 0 Å². The Morgan fingerprint density at radius 2 is 2.24 bits per heavy atom. The third-order valence-corrected chi connectivity index (χ3v) is 4.10. The Labute approximate surface area is 134 Å². The Kier molecular flexibility index (Phi) is 4.76. The number of carbonyl (C=O) groups is 1. The molecule has 1 amide bonds. The number of rotatable bonds is 2. The fraction of sp³-hybridized carbons (Fsp3) is 0.600. The van der Waals surface area contributed by atoms with Crippen LogP contribution in [-0.2, 0) is 4.74 Å². The molecule has 0 aliphatic carbocycles. The molecule has 2 rings (SSSR count). The summed E-state index contributed by atoms with van der Waals surface area (Å²) >= 11 is 3.46. The molecule has 0 radical (unpaired) electrons. The molecule has 0 bridgehead atoms. The molecule has 2 heterocycles. The standard InChI is InChI=1S/C15H22BrN3O2/c1-10-7-13(17-8-12(10)16)19-6-5-11(9-19)18-14(20)21-15(2,3)4/h7-8,11H,5-6,9H2,1-4H3,(H,18,20). The molecule has 1 atom stereocenters. The van der Waals surface area contributed by atoms with E-state index in [1.807, 2.05) is 33.9 Å². The van der Waals surface area contributed by atoms with Gasteiger partial charge in [-0.25, -0.2) is 9.78 Å². The average molecular weight is 356 g/mol. The fourth-order valence-corrected chi connectivity index (χ4v) is 2.47. The van der Waals surface area contributed by atoms with E-state index in [0.717, 1.165) is 35.4 Å². The molecule has 1 aliphatic heterocycles. The third kappa shape index (κ3) is 4.59. The molecule has 116 valence electrons. The van der Waals surface area contributed by atoms with Gasteiger partial charge in [0.2, 0.25) is 0 Å². The first-order valence-electron chi connectivity index (χ1n) is 7.11. The van der Waals surface area contributed by atoms with Crippen molar-refractivity contribution in [2.75, 3.05) is 18.0 Å². The number of ether oxygens (including phenoxy) is 1. The van der Waals surface area contributed by atoms with Crippen molar-refractivity contribution < 1.29 is 9.53 Å². The van der Waals surface area contributed by atoms with E-state index in [1.165, 1.54) is 0 Å². The van der Waals surface area contributed by atoms with Gasteiger partial charge < -0.3 is 15.0 Å². The Bertz CT molecular complexity index is 528. The van der Waals surface area contributed by atoms with E-state index < -0.39 is 5.60 Å². The first kappa shape index (κ1) is 16.1. The number of amides is 1. The van der Waals surface area contributed by atoms with Crippen LogP contribution in [0.3, 0.4) is 0 Å². The lowest BCUT2D eigenvalue weighted by atomic mass is 10.2. The maximum Gasteiger partial charge on any atom is 0.407 e. The normalized spacial score (nSPS) is 18.7. The van der Waals surface area contributed by atoms with Gasteiger partial charge in [-0.3, -0.25) is 0 Å². The Morgan fingerprint density at radius 3 is 2.86 bits per heavy atom. The number of aryl methyl sites for hydroxylation is 1. The van der Waals surface area contributed by atoms with Gasteiger partial charge in [0.15, 0.2) is 0 Å². The second kappa shape index (κ2) is 6.22. The Morgan fingerprint density at radius 1 is 1.52 bits per heavy atom. The minimum absolute atomic E-state index is 0.102. The summed E-state index contributed by atoms with van der Waals surface area (Å²) in [5, 5.41) is 2.92. The van der Waals surface area contributed by atoms with E-state index >= 15 is 0 Å². The second-order valence-electron chi connectivity index (χ2n) is 6.37. The Balaban J connectivity index is 1.91. The molecule has 1 saturated heterocycles. The van der Waals surface area contributed by atoms with Crippen LogP contribution >= 0.6 is 15.9 Å². The summed E-state index contributed by atoms with van der Waals surface area (Å²) in [5.74, 6) is 0.948. The summed E-state index contributed by atoms with van der Waals surface area (Å²) in [6, 6.07) is 2.16. The molecule has 6 heteroatoms. The molecule has 1 fully saturated rings. The summed E-state index contributed by atoms with van der Waals surface area (Å²) in [4.78, 5) is 18.4. The highest BCUT2D eigenvalue weighted by atomic mass is 79.9. The molecule has 0 aromatic carbocycles. The highest BCUT2D eigenvalue weighted by Gasteiger charge is 2.26. The van der Waals surface area contributed by atoms with Crippen molar-refractivity contribution in [3.05, 3.63) is 22.3 Å². The van der Waals surface area contributed by atoms with Crippen molar-refractivity contribution in [3.63, 3.8) is 0 Å². The zero-order valence-electron chi connectivity index (χ0n) is 12.9. The van der Waals surface area contributed by atoms with Gasteiger partial charge in [-0.2, -0.15) is 0 Å². The van der Waals surface area contributed by atoms with Crippen molar-refractivity contribution in [1.29, 1.82) is 0 Å². The lowest BCUT2D eigenvalue weighted by Gasteiger charge is -2.22. The van der Waals surface area contributed by atoms with Gasteiger partial charge in [-0.05, 0) is 61.7 Å². The van der Waals surface area contributed by atoms with Gasteiger partial charge in [0.05, 0.1) is 6.04 Å². The van der Waals surface area contributed by atoms with E-state index in [9.17, 15) is 4.79 Å². The zero-order valence-corrected chi connectivity index (χ0v) is 14.5. The number of nitrogens with zero attached hydrogens (tertiary/aromatic N) is 2. The lowest BCUT2D eigenvalue weighted by Crippen LogP contribution is -2.40. The molecule has 1 unspecified atom stereocenters. The summed E-state index contributed by atoms with van der Waals surface area (Å²) < 4.78 is 6.29. The first-order chi connectivity index (χ1) is 9.74. The maximum absolute atomic E-state index is 11.8. The number of halogens is 1. The minimum Gasteiger partial charge on any atom is -0.444 e. The van der Waals surface area contributed by atoms with Crippen molar-refractivity contribution in [2.24, 2.45) is 0 Å². The average Bonchev–Trinajstić information content (AvgIpc) is 2.78. The summed E-state index contributed by atoms with van der Waals surface area (Å²) in [7, 11) is 0. The summed E-state index contributed by atoms with van der Waals surface area (Å²) in [6.07, 6.45) is 2.37. The summed E-state index contributed by atoms with van der Waals surface area (Å²) in [6.45, 7) is 9.27. The van der Waals surface area contributed by atoms with Crippen LogP contribution in [0.15, 0.2) is 16.7 Å². The predicted octanol–water partition coefficient (Wildman–Crippen LogP) is 3.26. The number of pyridine rings is 1. The number of hydrogen-bond donors (Lipinski definition) is 1. The van der Waals surface area contributed by atoms with E-state index in [4.69, 9.17) is 4.74 Å². The Hall–Kier alpha value is -1.30. The highest BCUT2D eigenvalue weighted by molar-refractivity contribution is 9.10. The van der Waals surface area contributed by atoms with Crippen LogP contribution in [0, 0.1) is 6.92 Å². The number of hydrogen-bond acceptors (Lipinski definition) is 4. The largest absolute Gasteiger partial charge is 0.444 e. The smallest absolute Gasteiger partial charge is 0.407 e. The van der Waals surface area contributed by atoms with Crippen molar-refractivity contribution in [3.8, 4) is 0 Å². The minimum atomic E-state index is -0.466. The van der Waals surface area contributed by atoms with Crippen LogP contribution < -0.4 is 10.2 Å². The molecule has 1 N–H and O–H groups in total. The number of nitrogens with one attached hydrogen (secondary N) is 1. The highest BCUT2D eigenvalue weighted by Crippen LogP contribution is 2.23. The van der Waals surface area contributed by atoms with E-state index in [2.05, 4.69) is 37.2 Å². The quantitative estimate of drug-likeness (QED) is 0.884. The number of aromatic nitrogens is 1. The number of carbonyl (C=O) groups excluding carboxylic acids is 1. The first-order valence-corrected chi connectivity index (χ1v) is 7.90. The van der Waals surface area contributed by atoms with Crippen LogP contribution in [0.2, 0.25) is 0 Å². The van der Waals surface area contributed by atoms with E-state index in [0.29, 0.717) is 0 Å². The third-order valence-electron chi connectivity index (χ3n) is 3.27.